The van der Waals surface area contributed by atoms with Crippen LogP contribution in [0.2, 0.25) is 0 Å². The number of carbonyl (C=O) groups is 1. The van der Waals surface area contributed by atoms with Gasteiger partial charge in [0.2, 0.25) is 5.91 Å². The molecule has 3 heteroatoms. The molecule has 1 aromatic heterocycles. The van der Waals surface area contributed by atoms with E-state index in [0.29, 0.717) is 6.42 Å². The van der Waals surface area contributed by atoms with Crippen molar-refractivity contribution >= 4 is 17.2 Å². The van der Waals surface area contributed by atoms with Crippen molar-refractivity contribution in [3.63, 3.8) is 0 Å². The van der Waals surface area contributed by atoms with E-state index in [2.05, 4.69) is 41.0 Å². The van der Waals surface area contributed by atoms with E-state index >= 15 is 0 Å². The predicted octanol–water partition coefficient (Wildman–Crippen LogP) is 4.63. The lowest BCUT2D eigenvalue weighted by Crippen LogP contribution is -2.28. The smallest absolute Gasteiger partial charge is 0.220 e. The van der Waals surface area contributed by atoms with Gasteiger partial charge in [-0.1, -0.05) is 31.2 Å². The molecule has 1 N–H and O–H groups in total. The number of rotatable bonds is 5. The molecule has 0 saturated heterocycles. The number of thiophene rings is 1. The highest BCUT2D eigenvalue weighted by Crippen LogP contribution is 2.30. The van der Waals surface area contributed by atoms with Crippen molar-refractivity contribution in [2.24, 2.45) is 0 Å². The van der Waals surface area contributed by atoms with Crippen molar-refractivity contribution in [1.82, 2.24) is 5.32 Å². The molecule has 1 unspecified atom stereocenters. The quantitative estimate of drug-likeness (QED) is 0.856. The molecule has 0 aliphatic heterocycles. The number of benzene rings is 1. The van der Waals surface area contributed by atoms with Gasteiger partial charge >= 0.3 is 0 Å². The van der Waals surface area contributed by atoms with Crippen molar-refractivity contribution in [2.45, 2.75) is 51.5 Å². The second-order valence-electron chi connectivity index (χ2n) is 6.00. The number of nitrogens with one attached hydrogen (secondary N) is 1. The van der Waals surface area contributed by atoms with Gasteiger partial charge in [0, 0.05) is 11.3 Å². The summed E-state index contributed by atoms with van der Waals surface area (Å²) in [7, 11) is 0. The second-order valence-corrected chi connectivity index (χ2v) is 6.98. The predicted molar refractivity (Wildman–Crippen MR) is 92.3 cm³/mol. The molecule has 116 valence electrons. The summed E-state index contributed by atoms with van der Waals surface area (Å²) in [6.45, 7) is 2.04. The Hall–Kier alpha value is -1.61. The van der Waals surface area contributed by atoms with E-state index in [1.165, 1.54) is 47.3 Å². The minimum Gasteiger partial charge on any atom is -0.344 e. The molecule has 22 heavy (non-hydrogen) atoms. The van der Waals surface area contributed by atoms with E-state index in [1.54, 1.807) is 11.3 Å². The summed E-state index contributed by atoms with van der Waals surface area (Å²) in [6.07, 6.45) is 6.42. The van der Waals surface area contributed by atoms with Gasteiger partial charge in [0.1, 0.15) is 0 Å². The Morgan fingerprint density at radius 1 is 1.23 bits per heavy atom. The maximum atomic E-state index is 12.1. The Balaban J connectivity index is 1.90. The van der Waals surface area contributed by atoms with Gasteiger partial charge in [0.15, 0.2) is 0 Å². The Labute approximate surface area is 136 Å². The van der Waals surface area contributed by atoms with Crippen LogP contribution in [0.25, 0.3) is 0 Å². The lowest BCUT2D eigenvalue weighted by molar-refractivity contribution is -0.121. The van der Waals surface area contributed by atoms with Gasteiger partial charge in [-0.05, 0) is 60.2 Å². The molecule has 1 aliphatic rings. The Kier molecular flexibility index (Phi) is 4.94. The summed E-state index contributed by atoms with van der Waals surface area (Å²) in [5.74, 6) is 0.138. The largest absolute Gasteiger partial charge is 0.344 e. The third-order valence-electron chi connectivity index (χ3n) is 4.32. The van der Waals surface area contributed by atoms with Gasteiger partial charge in [-0.3, -0.25) is 4.79 Å². The van der Waals surface area contributed by atoms with E-state index in [1.807, 2.05) is 6.92 Å². The minimum atomic E-state index is -0.00808. The van der Waals surface area contributed by atoms with Crippen molar-refractivity contribution in [3.8, 4) is 0 Å². The molecular weight excluding hydrogens is 290 g/mol. The Bertz CT molecular complexity index is 633. The third-order valence-corrected chi connectivity index (χ3v) is 5.25. The first-order valence-electron chi connectivity index (χ1n) is 8.22. The molecule has 0 saturated carbocycles. The van der Waals surface area contributed by atoms with E-state index in [4.69, 9.17) is 0 Å². The summed E-state index contributed by atoms with van der Waals surface area (Å²) in [4.78, 5) is 13.3. The van der Waals surface area contributed by atoms with Crippen LogP contribution in [0.3, 0.4) is 0 Å². The average molecular weight is 313 g/mol. The molecule has 0 bridgehead atoms. The van der Waals surface area contributed by atoms with Crippen LogP contribution < -0.4 is 5.32 Å². The molecule has 1 aromatic carbocycles. The fourth-order valence-corrected chi connectivity index (χ4v) is 3.97. The lowest BCUT2D eigenvalue weighted by Gasteiger charge is -2.22. The number of carbonyl (C=O) groups excluding carboxylic acids is 1. The molecule has 0 radical (unpaired) electrons. The van der Waals surface area contributed by atoms with Crippen LogP contribution in [0.15, 0.2) is 35.7 Å². The van der Waals surface area contributed by atoms with E-state index in [9.17, 15) is 4.79 Å². The highest BCUT2D eigenvalue weighted by Gasteiger charge is 2.19. The summed E-state index contributed by atoms with van der Waals surface area (Å²) >= 11 is 1.71. The van der Waals surface area contributed by atoms with E-state index in [0.717, 1.165) is 6.42 Å². The monoisotopic (exact) mass is 313 g/mol. The standard InChI is InChI=1S/C19H23NOS/c1-2-6-18(21)20-19(17-9-5-12-22-17)16-11-10-14-7-3-4-8-15(14)13-16/h5,9-13,19H,2-4,6-8H2,1H3,(H,20,21). The first kappa shape index (κ1) is 15.3. The van der Waals surface area contributed by atoms with Gasteiger partial charge < -0.3 is 5.32 Å². The van der Waals surface area contributed by atoms with E-state index in [-0.39, 0.29) is 11.9 Å². The first-order valence-corrected chi connectivity index (χ1v) is 9.10. The van der Waals surface area contributed by atoms with Crippen LogP contribution in [-0.2, 0) is 17.6 Å². The number of aryl methyl sites for hydroxylation is 2. The molecule has 2 nitrogen and oxygen atoms in total. The normalized spacial score (nSPS) is 15.1. The average Bonchev–Trinajstić information content (AvgIpc) is 3.06. The molecule has 1 amide bonds. The minimum absolute atomic E-state index is 0.00808. The molecule has 0 spiro atoms. The van der Waals surface area contributed by atoms with Gasteiger partial charge in [0.25, 0.3) is 0 Å². The first-order chi connectivity index (χ1) is 10.8. The zero-order valence-electron chi connectivity index (χ0n) is 13.1. The topological polar surface area (TPSA) is 29.1 Å². The second kappa shape index (κ2) is 7.10. The molecule has 1 atom stereocenters. The summed E-state index contributed by atoms with van der Waals surface area (Å²) in [5.41, 5.74) is 4.17. The van der Waals surface area contributed by atoms with Crippen molar-refractivity contribution < 1.29 is 4.79 Å². The summed E-state index contributed by atoms with van der Waals surface area (Å²) in [5, 5.41) is 5.29. The van der Waals surface area contributed by atoms with Crippen LogP contribution in [0.4, 0.5) is 0 Å². The van der Waals surface area contributed by atoms with Gasteiger partial charge in [-0.2, -0.15) is 0 Å². The van der Waals surface area contributed by atoms with Crippen molar-refractivity contribution in [1.29, 1.82) is 0 Å². The highest BCUT2D eigenvalue weighted by atomic mass is 32.1. The van der Waals surface area contributed by atoms with Gasteiger partial charge in [0.05, 0.1) is 6.04 Å². The van der Waals surface area contributed by atoms with Crippen LogP contribution in [0.5, 0.6) is 0 Å². The number of hydrogen-bond donors (Lipinski definition) is 1. The fraction of sp³-hybridized carbons (Fsp3) is 0.421. The third kappa shape index (κ3) is 3.41. The summed E-state index contributed by atoms with van der Waals surface area (Å²) < 4.78 is 0. The molecule has 0 fully saturated rings. The molecule has 1 heterocycles. The Morgan fingerprint density at radius 2 is 2.05 bits per heavy atom. The van der Waals surface area contributed by atoms with Crippen LogP contribution in [0, 0.1) is 0 Å². The maximum Gasteiger partial charge on any atom is 0.220 e. The number of hydrogen-bond acceptors (Lipinski definition) is 2. The van der Waals surface area contributed by atoms with E-state index < -0.39 is 0 Å². The molecule has 2 aromatic rings. The van der Waals surface area contributed by atoms with Gasteiger partial charge in [-0.15, -0.1) is 11.3 Å². The Morgan fingerprint density at radius 3 is 2.77 bits per heavy atom. The van der Waals surface area contributed by atoms with Gasteiger partial charge in [-0.25, -0.2) is 0 Å². The highest BCUT2D eigenvalue weighted by molar-refractivity contribution is 7.10. The maximum absolute atomic E-state index is 12.1. The van der Waals surface area contributed by atoms with Crippen molar-refractivity contribution in [2.75, 3.05) is 0 Å². The SMILES string of the molecule is CCCC(=O)NC(c1ccc2c(c1)CCCC2)c1cccs1. The lowest BCUT2D eigenvalue weighted by atomic mass is 9.89. The zero-order chi connectivity index (χ0) is 15.4. The van der Waals surface area contributed by atoms with Crippen LogP contribution in [0.1, 0.15) is 60.2 Å². The van der Waals surface area contributed by atoms with Crippen LogP contribution in [-0.4, -0.2) is 5.91 Å². The fourth-order valence-electron chi connectivity index (χ4n) is 3.17. The summed E-state index contributed by atoms with van der Waals surface area (Å²) in [6, 6.07) is 10.9. The number of fused-ring (bicyclic) bond motifs is 1. The zero-order valence-corrected chi connectivity index (χ0v) is 13.9. The van der Waals surface area contributed by atoms with Crippen LogP contribution >= 0.6 is 11.3 Å². The number of amides is 1. The molecule has 1 aliphatic carbocycles. The molecular formula is C19H23NOS. The van der Waals surface area contributed by atoms with Crippen molar-refractivity contribution in [3.05, 3.63) is 57.3 Å². The molecule has 3 rings (SSSR count).